The van der Waals surface area contributed by atoms with Gasteiger partial charge in [0.25, 0.3) is 17.3 Å². The van der Waals surface area contributed by atoms with Crippen molar-refractivity contribution < 1.29 is 14.3 Å². The number of carbonyl (C=O) groups excluding carboxylic acids is 1. The average Bonchev–Trinajstić information content (AvgIpc) is 3.12. The van der Waals surface area contributed by atoms with Crippen molar-refractivity contribution in [2.24, 2.45) is 5.92 Å². The first kappa shape index (κ1) is 26.1. The van der Waals surface area contributed by atoms with Gasteiger partial charge in [-0.25, -0.2) is 0 Å². The highest BCUT2D eigenvalue weighted by molar-refractivity contribution is 5.96. The van der Waals surface area contributed by atoms with Gasteiger partial charge in [0.2, 0.25) is 0 Å². The van der Waals surface area contributed by atoms with Crippen LogP contribution in [0.1, 0.15) is 65.3 Å². The summed E-state index contributed by atoms with van der Waals surface area (Å²) in [5, 5.41) is 2.89. The Hall–Kier alpha value is -2.51. The fourth-order valence-electron chi connectivity index (χ4n) is 5.21. The van der Waals surface area contributed by atoms with Gasteiger partial charge in [0.05, 0.1) is 0 Å². The van der Waals surface area contributed by atoms with Gasteiger partial charge in [-0.2, -0.15) is 0 Å². The largest absolute Gasteiger partial charge is 0.448 e. The number of nitrogens with one attached hydrogen (secondary N) is 2. The third-order valence-electron chi connectivity index (χ3n) is 7.32. The Morgan fingerprint density at radius 1 is 1.15 bits per heavy atom. The topological polar surface area (TPSA) is 83.7 Å². The number of rotatable bonds is 5. The molecule has 34 heavy (non-hydrogen) atoms. The number of H-pyrrole nitrogens is 1. The number of carbonyl (C=O) groups is 1. The van der Waals surface area contributed by atoms with Crippen molar-refractivity contribution in [3.8, 4) is 11.5 Å². The highest BCUT2D eigenvalue weighted by Gasteiger charge is 2.46. The summed E-state index contributed by atoms with van der Waals surface area (Å²) in [6.07, 6.45) is 4.34. The first-order valence-corrected chi connectivity index (χ1v) is 11.7. The molecule has 8 heteroatoms. The van der Waals surface area contributed by atoms with Crippen LogP contribution in [-0.4, -0.2) is 41.7 Å². The molecule has 0 bridgehead atoms. The fourth-order valence-corrected chi connectivity index (χ4v) is 5.21. The normalized spacial score (nSPS) is 23.5. The smallest absolute Gasteiger partial charge is 0.253 e. The Labute approximate surface area is 207 Å². The molecule has 186 valence electrons. The number of ether oxygens (including phenoxy) is 2. The Morgan fingerprint density at radius 3 is 2.44 bits per heavy atom. The number of aromatic amines is 1. The van der Waals surface area contributed by atoms with Crippen LogP contribution in [0.25, 0.3) is 0 Å². The molecule has 2 N–H and O–H groups in total. The van der Waals surface area contributed by atoms with Gasteiger partial charge in [0.15, 0.2) is 11.5 Å². The number of halogens is 1. The van der Waals surface area contributed by atoms with Crippen LogP contribution in [0.2, 0.25) is 0 Å². The van der Waals surface area contributed by atoms with Crippen molar-refractivity contribution >= 4 is 18.3 Å². The second-order valence-corrected chi connectivity index (χ2v) is 9.88. The zero-order chi connectivity index (χ0) is 23.9. The summed E-state index contributed by atoms with van der Waals surface area (Å²) in [5.41, 5.74) is 3.34. The lowest BCUT2D eigenvalue weighted by Crippen LogP contribution is -2.46. The lowest BCUT2D eigenvalue weighted by molar-refractivity contribution is -0.123. The molecule has 0 saturated heterocycles. The zero-order valence-electron chi connectivity index (χ0n) is 20.9. The van der Waals surface area contributed by atoms with E-state index in [1.54, 1.807) is 6.07 Å². The third-order valence-corrected chi connectivity index (χ3v) is 7.32. The molecule has 7 nitrogen and oxygen atoms in total. The number of nitrogens with zero attached hydrogens (tertiary/aromatic N) is 1. The van der Waals surface area contributed by atoms with Crippen LogP contribution in [0.15, 0.2) is 23.0 Å². The minimum absolute atomic E-state index is 0. The molecule has 1 unspecified atom stereocenters. The van der Waals surface area contributed by atoms with Crippen LogP contribution in [0.4, 0.5) is 0 Å². The van der Waals surface area contributed by atoms with Crippen molar-refractivity contribution in [3.63, 3.8) is 0 Å². The second-order valence-electron chi connectivity index (χ2n) is 9.88. The Morgan fingerprint density at radius 2 is 1.82 bits per heavy atom. The van der Waals surface area contributed by atoms with Crippen molar-refractivity contribution in [2.75, 3.05) is 14.1 Å². The summed E-state index contributed by atoms with van der Waals surface area (Å²) < 4.78 is 12.7. The van der Waals surface area contributed by atoms with E-state index < -0.39 is 5.79 Å². The van der Waals surface area contributed by atoms with Gasteiger partial charge in [-0.15, -0.1) is 12.4 Å². The molecule has 0 spiro atoms. The van der Waals surface area contributed by atoms with Crippen molar-refractivity contribution in [2.45, 2.75) is 71.8 Å². The number of fused-ring (bicyclic) bond motifs is 1. The number of hydrogen-bond acceptors (Lipinski definition) is 5. The summed E-state index contributed by atoms with van der Waals surface area (Å²) in [5.74, 6) is 0.676. The maximum absolute atomic E-state index is 13.0. The van der Waals surface area contributed by atoms with Gasteiger partial charge in [0, 0.05) is 47.8 Å². The molecule has 2 aromatic rings. The monoisotopic (exact) mass is 489 g/mol. The van der Waals surface area contributed by atoms with Crippen LogP contribution in [-0.2, 0) is 6.54 Å². The van der Waals surface area contributed by atoms with Gasteiger partial charge < -0.3 is 24.7 Å². The average molecular weight is 490 g/mol. The summed E-state index contributed by atoms with van der Waals surface area (Å²) in [4.78, 5) is 30.3. The molecule has 1 aromatic heterocycles. The van der Waals surface area contributed by atoms with Gasteiger partial charge in [-0.05, 0) is 84.3 Å². The number of pyridine rings is 1. The van der Waals surface area contributed by atoms with Crippen LogP contribution < -0.4 is 20.3 Å². The third kappa shape index (κ3) is 4.96. The van der Waals surface area contributed by atoms with E-state index >= 15 is 0 Å². The Kier molecular flexibility index (Phi) is 7.68. The molecule has 1 aliphatic heterocycles. The lowest BCUT2D eigenvalue weighted by atomic mass is 9.81. The number of aromatic nitrogens is 1. The predicted octanol–water partition coefficient (Wildman–Crippen LogP) is 4.26. The quantitative estimate of drug-likeness (QED) is 0.655. The molecular weight excluding hydrogens is 454 g/mol. The highest BCUT2D eigenvalue weighted by atomic mass is 35.5. The van der Waals surface area contributed by atoms with Crippen LogP contribution in [0.5, 0.6) is 11.5 Å². The first-order chi connectivity index (χ1) is 15.6. The fraction of sp³-hybridized carbons (Fsp3) is 0.538. The lowest BCUT2D eigenvalue weighted by Gasteiger charge is -2.39. The van der Waals surface area contributed by atoms with E-state index in [0.29, 0.717) is 34.6 Å². The molecular formula is C26H36ClN3O4. The van der Waals surface area contributed by atoms with Gasteiger partial charge >= 0.3 is 0 Å². The standard InChI is InChI=1S/C26H35N3O4.ClH/c1-15-13-16(2)28-25(31)21(15)14-27-24(30)20-11-12-22-23(17(20)3)33-26(4,32-22)18-7-9-19(10-8-18)29(5)6;/h11-13,18-19H,7-10,14H2,1-6H3,(H,27,30)(H,28,31);1H. The molecule has 1 aromatic carbocycles. The van der Waals surface area contributed by atoms with Crippen molar-refractivity contribution in [1.29, 1.82) is 0 Å². The maximum atomic E-state index is 13.0. The van der Waals surface area contributed by atoms with Gasteiger partial charge in [0.1, 0.15) is 0 Å². The van der Waals surface area contributed by atoms with Crippen molar-refractivity contribution in [3.05, 3.63) is 56.5 Å². The second kappa shape index (κ2) is 10.0. The summed E-state index contributed by atoms with van der Waals surface area (Å²) >= 11 is 0. The Balaban J connectivity index is 0.00000324. The van der Waals surface area contributed by atoms with Crippen LogP contribution in [0, 0.1) is 26.7 Å². The molecule has 0 radical (unpaired) electrons. The van der Waals surface area contributed by atoms with Crippen molar-refractivity contribution in [1.82, 2.24) is 15.2 Å². The molecule has 1 amide bonds. The number of benzene rings is 1. The van der Waals surface area contributed by atoms with E-state index in [0.717, 1.165) is 42.5 Å². The molecule has 1 saturated carbocycles. The summed E-state index contributed by atoms with van der Waals surface area (Å²) in [6, 6.07) is 6.10. The summed E-state index contributed by atoms with van der Waals surface area (Å²) in [6.45, 7) is 7.78. The Bertz CT molecular complexity index is 1120. The zero-order valence-corrected chi connectivity index (χ0v) is 21.7. The summed E-state index contributed by atoms with van der Waals surface area (Å²) in [7, 11) is 4.27. The van der Waals surface area contributed by atoms with Gasteiger partial charge in [-0.3, -0.25) is 9.59 Å². The van der Waals surface area contributed by atoms with E-state index in [1.807, 2.05) is 39.8 Å². The molecule has 1 atom stereocenters. The molecule has 1 fully saturated rings. The maximum Gasteiger partial charge on any atom is 0.253 e. The van der Waals surface area contributed by atoms with Crippen LogP contribution >= 0.6 is 12.4 Å². The molecule has 2 aliphatic rings. The SMILES string of the molecule is Cc1cc(C)c(CNC(=O)c2ccc3c(c2C)OC(C)(C2CCC(N(C)C)CC2)O3)c(=O)[nH]1.Cl. The number of amides is 1. The first-order valence-electron chi connectivity index (χ1n) is 11.7. The van der Waals surface area contributed by atoms with Gasteiger partial charge in [-0.1, -0.05) is 0 Å². The number of aryl methyl sites for hydroxylation is 2. The predicted molar refractivity (Wildman–Crippen MR) is 135 cm³/mol. The molecule has 1 aliphatic carbocycles. The minimum Gasteiger partial charge on any atom is -0.448 e. The molecule has 4 rings (SSSR count). The van der Waals surface area contributed by atoms with E-state index in [4.69, 9.17) is 9.47 Å². The van der Waals surface area contributed by atoms with Crippen LogP contribution in [0.3, 0.4) is 0 Å². The molecule has 2 heterocycles. The van der Waals surface area contributed by atoms with E-state index in [9.17, 15) is 9.59 Å². The number of hydrogen-bond donors (Lipinski definition) is 2. The van der Waals surface area contributed by atoms with E-state index in [1.165, 1.54) is 0 Å². The minimum atomic E-state index is -0.716. The highest BCUT2D eigenvalue weighted by Crippen LogP contribution is 2.48. The van der Waals surface area contributed by atoms with E-state index in [-0.39, 0.29) is 30.4 Å². The van der Waals surface area contributed by atoms with E-state index in [2.05, 4.69) is 29.3 Å².